The maximum Gasteiger partial charge on any atom is 0.0695 e. The maximum absolute atomic E-state index is 10.2. The van der Waals surface area contributed by atoms with Gasteiger partial charge in [0.2, 0.25) is 0 Å². The minimum atomic E-state index is -0.0898. The van der Waals surface area contributed by atoms with Crippen molar-refractivity contribution in [1.29, 1.82) is 0 Å². The highest BCUT2D eigenvalue weighted by Gasteiger charge is 2.31. The van der Waals surface area contributed by atoms with E-state index >= 15 is 0 Å². The predicted molar refractivity (Wildman–Crippen MR) is 61.9 cm³/mol. The molecular weight excluding hydrogens is 188 g/mol. The van der Waals surface area contributed by atoms with Crippen molar-refractivity contribution in [3.63, 3.8) is 0 Å². The van der Waals surface area contributed by atoms with Gasteiger partial charge in [-0.25, -0.2) is 0 Å². The number of aliphatic hydroxyl groups is 1. The van der Waals surface area contributed by atoms with Crippen LogP contribution >= 0.6 is 0 Å². The molecule has 0 amide bonds. The zero-order valence-electron chi connectivity index (χ0n) is 9.78. The van der Waals surface area contributed by atoms with Gasteiger partial charge in [0.15, 0.2) is 0 Å². The Labute approximate surface area is 92.8 Å². The lowest BCUT2D eigenvalue weighted by Crippen LogP contribution is -2.56. The van der Waals surface area contributed by atoms with E-state index in [0.717, 1.165) is 26.1 Å². The van der Waals surface area contributed by atoms with Crippen LogP contribution in [0.15, 0.2) is 0 Å². The summed E-state index contributed by atoms with van der Waals surface area (Å²) in [6.45, 7) is 5.52. The summed E-state index contributed by atoms with van der Waals surface area (Å²) < 4.78 is 0. The number of aliphatic hydroxyl groups excluding tert-OH is 1. The monoisotopic (exact) mass is 212 g/mol. The molecule has 3 atom stereocenters. The van der Waals surface area contributed by atoms with Crippen molar-refractivity contribution in [3.05, 3.63) is 0 Å². The lowest BCUT2D eigenvalue weighted by atomic mass is 10.0. The van der Waals surface area contributed by atoms with E-state index in [2.05, 4.69) is 17.1 Å². The van der Waals surface area contributed by atoms with Gasteiger partial charge in [-0.1, -0.05) is 19.3 Å². The summed E-state index contributed by atoms with van der Waals surface area (Å²) in [5.74, 6) is 0. The van der Waals surface area contributed by atoms with E-state index < -0.39 is 0 Å². The third kappa shape index (κ3) is 2.71. The first-order valence-electron chi connectivity index (χ1n) is 6.43. The average Bonchev–Trinajstić information content (AvgIpc) is 2.44. The third-order valence-electron chi connectivity index (χ3n) is 3.92. The van der Waals surface area contributed by atoms with Gasteiger partial charge in [0.1, 0.15) is 0 Å². The summed E-state index contributed by atoms with van der Waals surface area (Å²) >= 11 is 0. The van der Waals surface area contributed by atoms with Crippen molar-refractivity contribution >= 4 is 0 Å². The highest BCUT2D eigenvalue weighted by atomic mass is 16.3. The topological polar surface area (TPSA) is 35.5 Å². The molecule has 0 radical (unpaired) electrons. The quantitative estimate of drug-likeness (QED) is 0.636. The molecule has 2 N–H and O–H groups in total. The smallest absolute Gasteiger partial charge is 0.0695 e. The van der Waals surface area contributed by atoms with Crippen LogP contribution in [0.3, 0.4) is 0 Å². The number of piperazine rings is 1. The van der Waals surface area contributed by atoms with Gasteiger partial charge < -0.3 is 10.4 Å². The molecule has 1 heterocycles. The van der Waals surface area contributed by atoms with Gasteiger partial charge in [0.25, 0.3) is 0 Å². The van der Waals surface area contributed by atoms with Crippen molar-refractivity contribution in [2.24, 2.45) is 0 Å². The van der Waals surface area contributed by atoms with Gasteiger partial charge in [0.05, 0.1) is 6.10 Å². The van der Waals surface area contributed by atoms with E-state index in [0.29, 0.717) is 12.1 Å². The number of rotatable bonds is 1. The molecule has 15 heavy (non-hydrogen) atoms. The molecule has 2 aliphatic rings. The summed E-state index contributed by atoms with van der Waals surface area (Å²) in [5.41, 5.74) is 0. The predicted octanol–water partition coefficient (Wildman–Crippen LogP) is 0.974. The first kappa shape index (κ1) is 11.4. The second-order valence-corrected chi connectivity index (χ2v) is 5.06. The lowest BCUT2D eigenvalue weighted by Gasteiger charge is -2.41. The molecule has 0 bridgehead atoms. The van der Waals surface area contributed by atoms with Crippen LogP contribution in [-0.4, -0.2) is 47.8 Å². The van der Waals surface area contributed by atoms with E-state index in [1.807, 2.05) is 0 Å². The normalized spacial score (nSPS) is 40.0. The fourth-order valence-corrected chi connectivity index (χ4v) is 3.00. The number of nitrogens with one attached hydrogen (secondary N) is 1. The third-order valence-corrected chi connectivity index (χ3v) is 3.92. The van der Waals surface area contributed by atoms with Crippen molar-refractivity contribution in [2.45, 2.75) is 57.2 Å². The Bertz CT molecular complexity index is 198. The Morgan fingerprint density at radius 3 is 2.80 bits per heavy atom. The standard InChI is InChI=1S/C12H24N2O/c1-10-9-13-7-8-14(10)11-5-3-2-4-6-12(11)15/h10-13,15H,2-9H2,1H3/t10-,11?,12?/m1/s1. The minimum absolute atomic E-state index is 0.0898. The van der Waals surface area contributed by atoms with Gasteiger partial charge >= 0.3 is 0 Å². The second kappa shape index (κ2) is 5.28. The second-order valence-electron chi connectivity index (χ2n) is 5.06. The summed E-state index contributed by atoms with van der Waals surface area (Å²) in [6, 6.07) is 1.00. The Morgan fingerprint density at radius 1 is 1.20 bits per heavy atom. The highest BCUT2D eigenvalue weighted by molar-refractivity contribution is 4.87. The van der Waals surface area contributed by atoms with Crippen LogP contribution in [0.1, 0.15) is 39.0 Å². The van der Waals surface area contributed by atoms with E-state index in [1.54, 1.807) is 0 Å². The number of hydrogen-bond donors (Lipinski definition) is 2. The molecule has 1 saturated heterocycles. The molecule has 1 saturated carbocycles. The molecule has 3 nitrogen and oxygen atoms in total. The molecular formula is C12H24N2O. The number of nitrogens with zero attached hydrogens (tertiary/aromatic N) is 1. The fourth-order valence-electron chi connectivity index (χ4n) is 3.00. The molecule has 2 rings (SSSR count). The van der Waals surface area contributed by atoms with E-state index in [4.69, 9.17) is 0 Å². The lowest BCUT2D eigenvalue weighted by molar-refractivity contribution is 0.0142. The SMILES string of the molecule is C[C@@H]1CNCCN1C1CCCCCC1O. The highest BCUT2D eigenvalue weighted by Crippen LogP contribution is 2.24. The maximum atomic E-state index is 10.2. The van der Waals surface area contributed by atoms with Crippen molar-refractivity contribution in [2.75, 3.05) is 19.6 Å². The average molecular weight is 212 g/mol. The van der Waals surface area contributed by atoms with Gasteiger partial charge in [-0.05, 0) is 19.8 Å². The van der Waals surface area contributed by atoms with Gasteiger partial charge in [-0.2, -0.15) is 0 Å². The van der Waals surface area contributed by atoms with Crippen molar-refractivity contribution in [1.82, 2.24) is 10.2 Å². The molecule has 0 aromatic heterocycles. The van der Waals surface area contributed by atoms with Crippen LogP contribution in [-0.2, 0) is 0 Å². The van der Waals surface area contributed by atoms with Crippen molar-refractivity contribution < 1.29 is 5.11 Å². The minimum Gasteiger partial charge on any atom is -0.391 e. The van der Waals surface area contributed by atoms with Gasteiger partial charge in [-0.3, -0.25) is 4.90 Å². The first-order chi connectivity index (χ1) is 7.29. The first-order valence-corrected chi connectivity index (χ1v) is 6.43. The summed E-state index contributed by atoms with van der Waals surface area (Å²) in [7, 11) is 0. The molecule has 3 heteroatoms. The Morgan fingerprint density at radius 2 is 2.00 bits per heavy atom. The fraction of sp³-hybridized carbons (Fsp3) is 1.00. The van der Waals surface area contributed by atoms with E-state index in [-0.39, 0.29) is 6.10 Å². The molecule has 2 fully saturated rings. The summed E-state index contributed by atoms with van der Waals surface area (Å²) in [6.07, 6.45) is 5.89. The Kier molecular flexibility index (Phi) is 4.00. The van der Waals surface area contributed by atoms with Crippen LogP contribution in [0, 0.1) is 0 Å². The molecule has 1 aliphatic carbocycles. The zero-order chi connectivity index (χ0) is 10.7. The zero-order valence-corrected chi connectivity index (χ0v) is 9.78. The van der Waals surface area contributed by atoms with Gasteiger partial charge in [0, 0.05) is 31.7 Å². The summed E-state index contributed by atoms with van der Waals surface area (Å²) in [5, 5.41) is 13.6. The Hall–Kier alpha value is -0.120. The van der Waals surface area contributed by atoms with Crippen LogP contribution in [0.4, 0.5) is 0 Å². The van der Waals surface area contributed by atoms with Crippen molar-refractivity contribution in [3.8, 4) is 0 Å². The molecule has 0 aromatic rings. The molecule has 88 valence electrons. The summed E-state index contributed by atoms with van der Waals surface area (Å²) in [4.78, 5) is 2.52. The van der Waals surface area contributed by atoms with Gasteiger partial charge in [-0.15, -0.1) is 0 Å². The van der Waals surface area contributed by atoms with E-state index in [1.165, 1.54) is 25.7 Å². The molecule has 1 aliphatic heterocycles. The van der Waals surface area contributed by atoms with E-state index in [9.17, 15) is 5.11 Å². The van der Waals surface area contributed by atoms with Crippen LogP contribution in [0.5, 0.6) is 0 Å². The number of hydrogen-bond acceptors (Lipinski definition) is 3. The molecule has 0 aromatic carbocycles. The van der Waals surface area contributed by atoms with Crippen LogP contribution < -0.4 is 5.32 Å². The van der Waals surface area contributed by atoms with Crippen LogP contribution in [0.25, 0.3) is 0 Å². The molecule has 2 unspecified atom stereocenters. The molecule has 0 spiro atoms. The largest absolute Gasteiger partial charge is 0.391 e. The Balaban J connectivity index is 1.98. The van der Waals surface area contributed by atoms with Crippen LogP contribution in [0.2, 0.25) is 0 Å².